The summed E-state index contributed by atoms with van der Waals surface area (Å²) >= 11 is 0. The molecule has 0 aromatic rings. The number of esters is 2. The predicted octanol–water partition coefficient (Wildman–Crippen LogP) is 19.9. The fourth-order valence-corrected chi connectivity index (χ4v) is 10.4. The number of allylic oxidation sites excluding steroid dienone is 6. The van der Waals surface area contributed by atoms with E-state index in [1.165, 1.54) is 238 Å². The number of likely N-dealkylation sites (N-methyl/N-ethyl adjacent to an activating group) is 1. The summed E-state index contributed by atoms with van der Waals surface area (Å²) in [4.78, 5) is 37.3. The van der Waals surface area contributed by atoms with Gasteiger partial charge >= 0.3 is 11.9 Å². The summed E-state index contributed by atoms with van der Waals surface area (Å²) in [6, 6.07) is 0. The number of nitrogens with zero attached hydrogens (tertiary/aromatic N) is 1. The Morgan fingerprint density at radius 2 is 0.713 bits per heavy atom. The molecule has 0 aromatic heterocycles. The molecular weight excluding hydrogens is 995 g/mol. The number of carboxylic acids is 1. The Hall–Kier alpha value is -2.49. The summed E-state index contributed by atoms with van der Waals surface area (Å²) in [5.74, 6) is -2.29. The second kappa shape index (κ2) is 62.6. The van der Waals surface area contributed by atoms with Crippen molar-refractivity contribution in [1.29, 1.82) is 0 Å². The van der Waals surface area contributed by atoms with Crippen molar-refractivity contribution in [3.8, 4) is 0 Å². The maximum atomic E-state index is 12.8. The molecule has 0 saturated heterocycles. The van der Waals surface area contributed by atoms with Crippen LogP contribution in [-0.4, -0.2) is 82.3 Å². The van der Waals surface area contributed by atoms with E-state index in [2.05, 4.69) is 50.3 Å². The Morgan fingerprint density at radius 3 is 1.06 bits per heavy atom. The lowest BCUT2D eigenvalue weighted by molar-refractivity contribution is -0.870. The Balaban J connectivity index is 3.88. The van der Waals surface area contributed by atoms with Gasteiger partial charge in [0.05, 0.1) is 40.3 Å². The molecule has 0 aromatic carbocycles. The van der Waals surface area contributed by atoms with Crippen molar-refractivity contribution in [3.05, 3.63) is 36.5 Å². The molecule has 0 aliphatic heterocycles. The van der Waals surface area contributed by atoms with Crippen LogP contribution >= 0.6 is 0 Å². The molecule has 80 heavy (non-hydrogen) atoms. The normalized spacial score (nSPS) is 12.9. The van der Waals surface area contributed by atoms with E-state index in [1.807, 2.05) is 21.1 Å². The maximum absolute atomic E-state index is 12.8. The average molecular weight is 1130 g/mol. The maximum Gasteiger partial charge on any atom is 0.306 e. The van der Waals surface area contributed by atoms with Crippen LogP contribution in [0.25, 0.3) is 0 Å². The zero-order chi connectivity index (χ0) is 58.3. The molecule has 0 bridgehead atoms. The molecule has 0 rings (SSSR count). The number of ether oxygens (including phenoxy) is 4. The molecule has 0 heterocycles. The van der Waals surface area contributed by atoms with E-state index in [-0.39, 0.29) is 32.2 Å². The lowest BCUT2D eigenvalue weighted by Crippen LogP contribution is -2.44. The average Bonchev–Trinajstić information content (AvgIpc) is 3.43. The van der Waals surface area contributed by atoms with E-state index in [0.29, 0.717) is 23.9 Å². The summed E-state index contributed by atoms with van der Waals surface area (Å²) in [6.07, 6.45) is 75.6. The van der Waals surface area contributed by atoms with Crippen molar-refractivity contribution in [3.63, 3.8) is 0 Å². The van der Waals surface area contributed by atoms with E-state index in [9.17, 15) is 19.5 Å². The Bertz CT molecular complexity index is 1410. The van der Waals surface area contributed by atoms with Gasteiger partial charge in [0.1, 0.15) is 13.2 Å². The molecule has 0 spiro atoms. The molecule has 0 aliphatic rings. The van der Waals surface area contributed by atoms with Gasteiger partial charge in [-0.15, -0.1) is 0 Å². The first-order chi connectivity index (χ1) is 39.1. The van der Waals surface area contributed by atoms with Crippen LogP contribution in [0.15, 0.2) is 36.5 Å². The van der Waals surface area contributed by atoms with Crippen LogP contribution in [0.1, 0.15) is 341 Å². The summed E-state index contributed by atoms with van der Waals surface area (Å²) in [5, 5.41) is 11.8. The summed E-state index contributed by atoms with van der Waals surface area (Å²) in [7, 11) is 5.92. The summed E-state index contributed by atoms with van der Waals surface area (Å²) in [5.41, 5.74) is 0. The van der Waals surface area contributed by atoms with Crippen molar-refractivity contribution in [2.24, 2.45) is 0 Å². The minimum atomic E-state index is -1.62. The van der Waals surface area contributed by atoms with Crippen molar-refractivity contribution in [2.45, 2.75) is 354 Å². The van der Waals surface area contributed by atoms with Crippen LogP contribution in [0.3, 0.4) is 0 Å². The van der Waals surface area contributed by atoms with Crippen LogP contribution in [0.4, 0.5) is 0 Å². The van der Waals surface area contributed by atoms with Gasteiger partial charge < -0.3 is 33.3 Å². The van der Waals surface area contributed by atoms with Crippen molar-refractivity contribution in [1.82, 2.24) is 0 Å². The monoisotopic (exact) mass is 1130 g/mol. The molecule has 0 radical (unpaired) electrons. The van der Waals surface area contributed by atoms with Gasteiger partial charge in [0.25, 0.3) is 0 Å². The zero-order valence-corrected chi connectivity index (χ0v) is 53.7. The highest BCUT2D eigenvalue weighted by Crippen LogP contribution is 2.19. The van der Waals surface area contributed by atoms with Gasteiger partial charge in [0, 0.05) is 12.8 Å². The molecule has 0 N–H and O–H groups in total. The molecule has 9 heteroatoms. The fraction of sp³-hybridized carbons (Fsp3) is 0.873. The van der Waals surface area contributed by atoms with Crippen LogP contribution in [0.2, 0.25) is 0 Å². The first-order valence-corrected chi connectivity index (χ1v) is 34.6. The molecule has 0 aliphatic carbocycles. The SMILES string of the molecule is CC/C=C\C/C=C\C/C=C\CCCCCCCC(=O)OC(COC(=O)CCCCCCCCCCCCCCCCCCCCCCCCCCCCCCCCCCCCCCCCCC)COC(OCC[N+](C)(C)C)C(=O)[O-]. The lowest BCUT2D eigenvalue weighted by atomic mass is 10.0. The van der Waals surface area contributed by atoms with E-state index in [0.717, 1.165) is 70.6 Å². The Morgan fingerprint density at radius 1 is 0.388 bits per heavy atom. The number of hydrogen-bond acceptors (Lipinski definition) is 8. The van der Waals surface area contributed by atoms with Crippen molar-refractivity contribution in [2.75, 3.05) is 47.5 Å². The van der Waals surface area contributed by atoms with E-state index >= 15 is 0 Å². The number of carbonyl (C=O) groups excluding carboxylic acids is 3. The molecular formula is C71H133NO8. The van der Waals surface area contributed by atoms with Gasteiger partial charge in [-0.2, -0.15) is 0 Å². The second-order valence-electron chi connectivity index (χ2n) is 24.8. The highest BCUT2D eigenvalue weighted by atomic mass is 16.7. The quantitative estimate of drug-likeness (QED) is 0.0195. The number of carboxylic acid groups (broad SMARTS) is 1. The third kappa shape index (κ3) is 63.1. The van der Waals surface area contributed by atoms with Gasteiger partial charge in [-0.3, -0.25) is 9.59 Å². The molecule has 2 unspecified atom stereocenters. The molecule has 9 nitrogen and oxygen atoms in total. The highest BCUT2D eigenvalue weighted by molar-refractivity contribution is 5.70. The zero-order valence-electron chi connectivity index (χ0n) is 53.7. The van der Waals surface area contributed by atoms with Crippen molar-refractivity contribution < 1.29 is 42.9 Å². The Kier molecular flexibility index (Phi) is 60.6. The number of unbranched alkanes of at least 4 members (excludes halogenated alkanes) is 44. The highest BCUT2D eigenvalue weighted by Gasteiger charge is 2.22. The molecule has 0 saturated carbocycles. The number of rotatable bonds is 65. The number of hydrogen-bond donors (Lipinski definition) is 0. The summed E-state index contributed by atoms with van der Waals surface area (Å²) < 4.78 is 22.7. The minimum absolute atomic E-state index is 0.145. The van der Waals surface area contributed by atoms with Crippen LogP contribution in [-0.2, 0) is 33.3 Å². The first kappa shape index (κ1) is 77.5. The van der Waals surface area contributed by atoms with Crippen LogP contribution in [0, 0.1) is 0 Å². The van der Waals surface area contributed by atoms with Crippen molar-refractivity contribution >= 4 is 17.9 Å². The molecule has 0 fully saturated rings. The number of quaternary nitrogens is 1. The fourth-order valence-electron chi connectivity index (χ4n) is 10.4. The van der Waals surface area contributed by atoms with Gasteiger partial charge in [0.15, 0.2) is 12.4 Å². The predicted molar refractivity (Wildman–Crippen MR) is 339 cm³/mol. The van der Waals surface area contributed by atoms with E-state index < -0.39 is 24.3 Å². The van der Waals surface area contributed by atoms with E-state index in [4.69, 9.17) is 18.9 Å². The number of carbonyl (C=O) groups is 3. The minimum Gasteiger partial charge on any atom is -0.545 e. The molecule has 0 amide bonds. The third-order valence-corrected chi connectivity index (χ3v) is 15.7. The lowest BCUT2D eigenvalue weighted by Gasteiger charge is -2.26. The third-order valence-electron chi connectivity index (χ3n) is 15.7. The number of aliphatic carboxylic acids is 1. The van der Waals surface area contributed by atoms with Gasteiger partial charge in [-0.05, 0) is 44.9 Å². The molecule has 470 valence electrons. The standard InChI is InChI=1S/C71H133NO8/c1-6-8-10-12-14-16-18-20-22-23-24-25-26-27-28-29-30-31-32-33-34-35-36-37-38-39-40-41-42-43-44-45-46-48-49-51-53-55-57-59-61-68(73)78-65-67(66-79-71(70(75)76)77-64-63-72(3,4)5)80-69(74)62-60-58-56-54-52-50-47-21-19-17-15-13-11-9-7-2/h9,11,15,17,21,47,67,71H,6-8,10,12-14,16,18-20,22-46,48-66H2,1-5H3/b11-9-,17-15-,47-21-. The Labute approximate surface area is 496 Å². The first-order valence-electron chi connectivity index (χ1n) is 34.6. The van der Waals surface area contributed by atoms with E-state index in [1.54, 1.807) is 0 Å². The van der Waals surface area contributed by atoms with Crippen LogP contribution < -0.4 is 5.11 Å². The van der Waals surface area contributed by atoms with Crippen LogP contribution in [0.5, 0.6) is 0 Å². The second-order valence-corrected chi connectivity index (χ2v) is 24.8. The van der Waals surface area contributed by atoms with Gasteiger partial charge in [0.2, 0.25) is 0 Å². The van der Waals surface area contributed by atoms with Gasteiger partial charge in [-0.1, -0.05) is 320 Å². The smallest absolute Gasteiger partial charge is 0.306 e. The van der Waals surface area contributed by atoms with Gasteiger partial charge in [-0.25, -0.2) is 0 Å². The summed E-state index contributed by atoms with van der Waals surface area (Å²) in [6.45, 7) is 4.66. The topological polar surface area (TPSA) is 111 Å². The molecule has 2 atom stereocenters. The largest absolute Gasteiger partial charge is 0.545 e.